The lowest BCUT2D eigenvalue weighted by Crippen LogP contribution is -2.32. The first-order valence-electron chi connectivity index (χ1n) is 12.3. The van der Waals surface area contributed by atoms with Gasteiger partial charge in [-0.05, 0) is 58.2 Å². The fourth-order valence-electron chi connectivity index (χ4n) is 5.95. The molecule has 4 aromatic carbocycles. The molecule has 0 spiro atoms. The van der Waals surface area contributed by atoms with Crippen molar-refractivity contribution in [1.29, 1.82) is 0 Å². The van der Waals surface area contributed by atoms with E-state index in [1.807, 2.05) is 11.8 Å². The number of hydrogen-bond donors (Lipinski definition) is 0. The third-order valence-corrected chi connectivity index (χ3v) is 8.67. The lowest BCUT2D eigenvalue weighted by Gasteiger charge is -2.28. The summed E-state index contributed by atoms with van der Waals surface area (Å²) in [5, 5.41) is 7.76. The van der Waals surface area contributed by atoms with Crippen LogP contribution in [0.2, 0.25) is 0 Å². The molecule has 3 heteroatoms. The summed E-state index contributed by atoms with van der Waals surface area (Å²) >= 11 is 1.96. The second-order valence-electron chi connectivity index (χ2n) is 11.1. The van der Waals surface area contributed by atoms with Crippen molar-refractivity contribution in [1.82, 2.24) is 0 Å². The number of furan rings is 1. The molecule has 0 bridgehead atoms. The number of aromatic nitrogens is 1. The summed E-state index contributed by atoms with van der Waals surface area (Å²) in [6.07, 6.45) is 3.23. The van der Waals surface area contributed by atoms with Crippen LogP contribution in [0.5, 0.6) is 0 Å². The summed E-state index contributed by atoms with van der Waals surface area (Å²) < 4.78 is 8.69. The molecule has 2 aromatic heterocycles. The molecule has 6 aromatic rings. The number of hydrogen-bond acceptors (Lipinski definition) is 2. The second kappa shape index (κ2) is 7.11. The average molecular weight is 475 g/mol. The summed E-state index contributed by atoms with van der Waals surface area (Å²) in [4.78, 5) is 2.73. The minimum Gasteiger partial charge on any atom is -0.456 e. The number of aryl methyl sites for hydroxylation is 2. The normalized spacial score (nSPS) is 13.3. The number of pyridine rings is 1. The van der Waals surface area contributed by atoms with Gasteiger partial charge in [-0.1, -0.05) is 75.0 Å². The Balaban J connectivity index is 1.71. The van der Waals surface area contributed by atoms with Crippen LogP contribution in [0.3, 0.4) is 0 Å². The molecule has 1 aliphatic rings. The van der Waals surface area contributed by atoms with Crippen molar-refractivity contribution in [3.63, 3.8) is 0 Å². The van der Waals surface area contributed by atoms with Crippen molar-refractivity contribution >= 4 is 55.2 Å². The minimum atomic E-state index is 0.176. The van der Waals surface area contributed by atoms with Gasteiger partial charge in [-0.2, -0.15) is 0 Å². The zero-order chi connectivity index (χ0) is 24.1. The van der Waals surface area contributed by atoms with Crippen molar-refractivity contribution in [3.8, 4) is 11.3 Å². The molecule has 0 aliphatic carbocycles. The number of benzene rings is 4. The Morgan fingerprint density at radius 1 is 0.829 bits per heavy atom. The third-order valence-electron chi connectivity index (χ3n) is 7.40. The lowest BCUT2D eigenvalue weighted by molar-refractivity contribution is -0.659. The SMILES string of the molecule is Cc1c2c(c(CC(C)(C)C)c3ccccc13)Sc1c3c-2[n+](C)ccc3cc2oc3ccccc3c12. The maximum Gasteiger partial charge on any atom is 0.222 e. The number of nitrogens with zero attached hydrogens (tertiary/aromatic N) is 1. The maximum atomic E-state index is 6.37. The number of rotatable bonds is 1. The first kappa shape index (κ1) is 21.0. The van der Waals surface area contributed by atoms with Crippen LogP contribution in [-0.2, 0) is 13.5 Å². The Labute approximate surface area is 209 Å². The summed E-state index contributed by atoms with van der Waals surface area (Å²) in [5.74, 6) is 0. The van der Waals surface area contributed by atoms with Crippen LogP contribution in [0.1, 0.15) is 31.9 Å². The fraction of sp³-hybridized carbons (Fsp3) is 0.219. The van der Waals surface area contributed by atoms with Crippen LogP contribution < -0.4 is 4.57 Å². The van der Waals surface area contributed by atoms with E-state index in [2.05, 4.69) is 106 Å². The molecule has 7 rings (SSSR count). The summed E-state index contributed by atoms with van der Waals surface area (Å²) in [6, 6.07) is 21.9. The lowest BCUT2D eigenvalue weighted by atomic mass is 9.83. The molecule has 0 fully saturated rings. The Kier molecular flexibility index (Phi) is 4.27. The molecule has 35 heavy (non-hydrogen) atoms. The summed E-state index contributed by atoms with van der Waals surface area (Å²) in [7, 11) is 2.19. The van der Waals surface area contributed by atoms with Gasteiger partial charge in [0.05, 0.1) is 10.9 Å². The van der Waals surface area contributed by atoms with Gasteiger partial charge in [-0.25, -0.2) is 4.57 Å². The van der Waals surface area contributed by atoms with E-state index in [4.69, 9.17) is 4.42 Å². The van der Waals surface area contributed by atoms with Crippen molar-refractivity contribution in [2.75, 3.05) is 0 Å². The van der Waals surface area contributed by atoms with Gasteiger partial charge >= 0.3 is 0 Å². The summed E-state index contributed by atoms with van der Waals surface area (Å²) in [5.41, 5.74) is 7.64. The van der Waals surface area contributed by atoms with Gasteiger partial charge < -0.3 is 4.42 Å². The van der Waals surface area contributed by atoms with Gasteiger partial charge in [-0.3, -0.25) is 0 Å². The average Bonchev–Trinajstić information content (AvgIpc) is 3.21. The molecule has 0 saturated heterocycles. The highest BCUT2D eigenvalue weighted by atomic mass is 32.2. The van der Waals surface area contributed by atoms with Crippen LogP contribution in [0.4, 0.5) is 0 Å². The van der Waals surface area contributed by atoms with E-state index in [0.717, 1.165) is 17.6 Å². The van der Waals surface area contributed by atoms with Gasteiger partial charge in [0.2, 0.25) is 5.69 Å². The smallest absolute Gasteiger partial charge is 0.222 e. The predicted octanol–water partition coefficient (Wildman–Crippen LogP) is 8.75. The van der Waals surface area contributed by atoms with E-state index in [1.165, 1.54) is 64.5 Å². The van der Waals surface area contributed by atoms with E-state index < -0.39 is 0 Å². The molecule has 1 aliphatic heterocycles. The Hall–Kier alpha value is -3.30. The van der Waals surface area contributed by atoms with E-state index in [-0.39, 0.29) is 5.41 Å². The molecule has 172 valence electrons. The van der Waals surface area contributed by atoms with Crippen LogP contribution in [0.15, 0.2) is 81.1 Å². The number of fused-ring (bicyclic) bond motifs is 7. The first-order chi connectivity index (χ1) is 16.8. The molecule has 0 atom stereocenters. The highest BCUT2D eigenvalue weighted by molar-refractivity contribution is 8.00. The Morgan fingerprint density at radius 3 is 2.31 bits per heavy atom. The van der Waals surface area contributed by atoms with Gasteiger partial charge in [-0.15, -0.1) is 0 Å². The molecular weight excluding hydrogens is 446 g/mol. The minimum absolute atomic E-state index is 0.176. The predicted molar refractivity (Wildman–Crippen MR) is 147 cm³/mol. The largest absolute Gasteiger partial charge is 0.456 e. The van der Waals surface area contributed by atoms with Crippen LogP contribution in [0, 0.1) is 12.3 Å². The van der Waals surface area contributed by atoms with Gasteiger partial charge in [0.1, 0.15) is 18.2 Å². The highest BCUT2D eigenvalue weighted by Gasteiger charge is 2.34. The Morgan fingerprint density at radius 2 is 1.54 bits per heavy atom. The zero-order valence-corrected chi connectivity index (χ0v) is 21.6. The topological polar surface area (TPSA) is 17.0 Å². The molecule has 2 nitrogen and oxygen atoms in total. The second-order valence-corrected chi connectivity index (χ2v) is 12.1. The van der Waals surface area contributed by atoms with Crippen molar-refractivity contribution in [3.05, 3.63) is 78.0 Å². The van der Waals surface area contributed by atoms with E-state index in [9.17, 15) is 0 Å². The van der Waals surface area contributed by atoms with Crippen molar-refractivity contribution < 1.29 is 8.98 Å². The van der Waals surface area contributed by atoms with E-state index in [1.54, 1.807) is 0 Å². The van der Waals surface area contributed by atoms with E-state index in [0.29, 0.717) is 0 Å². The molecule has 3 heterocycles. The van der Waals surface area contributed by atoms with Gasteiger partial charge in [0.25, 0.3) is 0 Å². The van der Waals surface area contributed by atoms with Crippen LogP contribution >= 0.6 is 11.8 Å². The molecule has 0 radical (unpaired) electrons. The quantitative estimate of drug-likeness (QED) is 0.221. The van der Waals surface area contributed by atoms with Gasteiger partial charge in [0.15, 0.2) is 6.20 Å². The van der Waals surface area contributed by atoms with E-state index >= 15 is 0 Å². The monoisotopic (exact) mass is 474 g/mol. The zero-order valence-electron chi connectivity index (χ0n) is 20.8. The fourth-order valence-corrected chi connectivity index (χ4v) is 7.44. The highest BCUT2D eigenvalue weighted by Crippen LogP contribution is 2.55. The van der Waals surface area contributed by atoms with Crippen molar-refractivity contribution in [2.45, 2.75) is 43.9 Å². The molecule has 0 N–H and O–H groups in total. The molecule has 0 amide bonds. The number of para-hydroxylation sites is 1. The Bertz CT molecular complexity index is 1850. The molecule has 0 unspecified atom stereocenters. The van der Waals surface area contributed by atoms with Crippen LogP contribution in [-0.4, -0.2) is 0 Å². The maximum absolute atomic E-state index is 6.37. The van der Waals surface area contributed by atoms with Crippen LogP contribution in [0.25, 0.3) is 54.7 Å². The van der Waals surface area contributed by atoms with Crippen molar-refractivity contribution in [2.24, 2.45) is 12.5 Å². The standard InChI is InChI=1S/C32H28NOS/c1-18-20-10-6-7-11-21(20)23(17-32(2,3)4)30-26(18)29-27-19(14-15-33(29)5)16-25-28(31(27)35-30)22-12-8-9-13-24(22)34-25/h6-16H,17H2,1-5H3/q+1. The first-order valence-corrected chi connectivity index (χ1v) is 13.1. The molecule has 0 saturated carbocycles. The summed E-state index contributed by atoms with van der Waals surface area (Å²) in [6.45, 7) is 9.34. The van der Waals surface area contributed by atoms with Gasteiger partial charge in [0, 0.05) is 26.6 Å². The molecular formula is C32H28NOS+. The third kappa shape index (κ3) is 2.94.